The predicted octanol–water partition coefficient (Wildman–Crippen LogP) is 2.96. The van der Waals surface area contributed by atoms with Gasteiger partial charge in [0.25, 0.3) is 0 Å². The lowest BCUT2D eigenvalue weighted by Crippen LogP contribution is -2.26. The number of rotatable bonds is 5. The maximum atomic E-state index is 13.2. The molecule has 1 heterocycles. The van der Waals surface area contributed by atoms with Crippen LogP contribution in [0.3, 0.4) is 0 Å². The van der Waals surface area contributed by atoms with E-state index in [-0.39, 0.29) is 11.9 Å². The van der Waals surface area contributed by atoms with E-state index in [0.29, 0.717) is 12.8 Å². The summed E-state index contributed by atoms with van der Waals surface area (Å²) in [6.45, 7) is 3.96. The minimum atomic E-state index is -0.231. The Labute approximate surface area is 125 Å². The van der Waals surface area contributed by atoms with Crippen LogP contribution < -0.4 is 10.5 Å². The molecule has 3 nitrogen and oxygen atoms in total. The molecule has 2 rings (SSSR count). The number of methoxy groups -OCH3 is 1. The van der Waals surface area contributed by atoms with Crippen molar-refractivity contribution in [1.29, 1.82) is 0 Å². The average molecular weight is 288 g/mol. The van der Waals surface area contributed by atoms with Gasteiger partial charge in [-0.15, -0.1) is 0 Å². The second-order valence-corrected chi connectivity index (χ2v) is 5.34. The van der Waals surface area contributed by atoms with Gasteiger partial charge in [0.05, 0.1) is 7.11 Å². The summed E-state index contributed by atoms with van der Waals surface area (Å²) < 4.78 is 18.6. The second kappa shape index (κ2) is 6.68. The molecule has 1 aromatic heterocycles. The van der Waals surface area contributed by atoms with Crippen LogP contribution in [0.25, 0.3) is 0 Å². The standard InChI is InChI=1S/C17H21FN2O/c1-11-10-20-16(12(2)17(11)21-3)9-15(19)8-13-5-4-6-14(18)7-13/h4-7,10,15H,8-9,19H2,1-3H3. The molecule has 0 saturated heterocycles. The van der Waals surface area contributed by atoms with Gasteiger partial charge in [-0.2, -0.15) is 0 Å². The molecule has 0 aliphatic heterocycles. The molecule has 0 bridgehead atoms. The highest BCUT2D eigenvalue weighted by atomic mass is 19.1. The Hall–Kier alpha value is -1.94. The van der Waals surface area contributed by atoms with Crippen molar-refractivity contribution in [2.24, 2.45) is 5.73 Å². The molecule has 0 aliphatic carbocycles. The van der Waals surface area contributed by atoms with Gasteiger partial charge in [-0.05, 0) is 38.0 Å². The number of hydrogen-bond acceptors (Lipinski definition) is 3. The lowest BCUT2D eigenvalue weighted by Gasteiger charge is -2.16. The summed E-state index contributed by atoms with van der Waals surface area (Å²) in [4.78, 5) is 4.45. The molecule has 1 unspecified atom stereocenters. The molecule has 0 fully saturated rings. The molecule has 2 N–H and O–H groups in total. The molecule has 112 valence electrons. The number of ether oxygens (including phenoxy) is 1. The van der Waals surface area contributed by atoms with Crippen molar-refractivity contribution in [3.8, 4) is 5.75 Å². The van der Waals surface area contributed by atoms with Gasteiger partial charge in [0.15, 0.2) is 0 Å². The molecule has 1 aromatic carbocycles. The van der Waals surface area contributed by atoms with Gasteiger partial charge in [0, 0.05) is 35.5 Å². The topological polar surface area (TPSA) is 48.1 Å². The Morgan fingerprint density at radius 3 is 2.71 bits per heavy atom. The van der Waals surface area contributed by atoms with E-state index in [1.807, 2.05) is 19.9 Å². The first-order valence-electron chi connectivity index (χ1n) is 7.00. The van der Waals surface area contributed by atoms with Crippen LogP contribution in [-0.2, 0) is 12.8 Å². The molecule has 0 spiro atoms. The highest BCUT2D eigenvalue weighted by molar-refractivity contribution is 5.41. The molecular weight excluding hydrogens is 267 g/mol. The van der Waals surface area contributed by atoms with Gasteiger partial charge in [-0.3, -0.25) is 4.98 Å². The molecule has 0 saturated carbocycles. The first-order valence-corrected chi connectivity index (χ1v) is 7.00. The molecule has 0 radical (unpaired) electrons. The van der Waals surface area contributed by atoms with Crippen LogP contribution in [0.5, 0.6) is 5.75 Å². The van der Waals surface area contributed by atoms with Crippen LogP contribution >= 0.6 is 0 Å². The van der Waals surface area contributed by atoms with Crippen LogP contribution in [0.2, 0.25) is 0 Å². The van der Waals surface area contributed by atoms with Crippen molar-refractivity contribution < 1.29 is 9.13 Å². The normalized spacial score (nSPS) is 12.2. The number of hydrogen-bond donors (Lipinski definition) is 1. The molecule has 0 amide bonds. The van der Waals surface area contributed by atoms with Crippen molar-refractivity contribution in [2.45, 2.75) is 32.7 Å². The third kappa shape index (κ3) is 3.79. The third-order valence-corrected chi connectivity index (χ3v) is 3.59. The van der Waals surface area contributed by atoms with Crippen LogP contribution in [0.4, 0.5) is 4.39 Å². The van der Waals surface area contributed by atoms with Gasteiger partial charge in [-0.25, -0.2) is 4.39 Å². The summed E-state index contributed by atoms with van der Waals surface area (Å²) >= 11 is 0. The van der Waals surface area contributed by atoms with Gasteiger partial charge in [-0.1, -0.05) is 12.1 Å². The smallest absolute Gasteiger partial charge is 0.128 e. The Morgan fingerprint density at radius 1 is 1.29 bits per heavy atom. The Morgan fingerprint density at radius 2 is 2.05 bits per heavy atom. The zero-order valence-electron chi connectivity index (χ0n) is 12.7. The van der Waals surface area contributed by atoms with E-state index in [9.17, 15) is 4.39 Å². The first kappa shape index (κ1) is 15.4. The number of nitrogens with two attached hydrogens (primary N) is 1. The summed E-state index contributed by atoms with van der Waals surface area (Å²) in [6, 6.07) is 6.45. The van der Waals surface area contributed by atoms with E-state index in [1.165, 1.54) is 12.1 Å². The summed E-state index contributed by atoms with van der Waals surface area (Å²) in [5, 5.41) is 0. The van der Waals surface area contributed by atoms with E-state index in [2.05, 4.69) is 4.98 Å². The van der Waals surface area contributed by atoms with Crippen molar-refractivity contribution >= 4 is 0 Å². The lowest BCUT2D eigenvalue weighted by molar-refractivity contribution is 0.406. The summed E-state index contributed by atoms with van der Waals surface area (Å²) in [5.41, 5.74) is 10.0. The Balaban J connectivity index is 2.11. The fourth-order valence-corrected chi connectivity index (χ4v) is 2.56. The molecule has 1 atom stereocenters. The van der Waals surface area contributed by atoms with Crippen molar-refractivity contribution in [2.75, 3.05) is 7.11 Å². The maximum Gasteiger partial charge on any atom is 0.128 e. The number of halogens is 1. The fraction of sp³-hybridized carbons (Fsp3) is 0.353. The average Bonchev–Trinajstić information content (AvgIpc) is 2.42. The summed E-state index contributed by atoms with van der Waals surface area (Å²) in [6.07, 6.45) is 3.06. The minimum Gasteiger partial charge on any atom is -0.496 e. The van der Waals surface area contributed by atoms with Crippen LogP contribution in [0.15, 0.2) is 30.5 Å². The summed E-state index contributed by atoms with van der Waals surface area (Å²) in [5.74, 6) is 0.629. The van der Waals surface area contributed by atoms with Crippen LogP contribution in [0, 0.1) is 19.7 Å². The van der Waals surface area contributed by atoms with E-state index in [1.54, 1.807) is 19.4 Å². The molecular formula is C17H21FN2O. The number of aryl methyl sites for hydroxylation is 1. The number of benzene rings is 1. The first-order chi connectivity index (χ1) is 10.0. The summed E-state index contributed by atoms with van der Waals surface area (Å²) in [7, 11) is 1.66. The zero-order chi connectivity index (χ0) is 15.4. The molecule has 0 aliphatic rings. The lowest BCUT2D eigenvalue weighted by atomic mass is 9.99. The molecule has 21 heavy (non-hydrogen) atoms. The van der Waals surface area contributed by atoms with E-state index in [4.69, 9.17) is 10.5 Å². The number of aromatic nitrogens is 1. The fourth-order valence-electron chi connectivity index (χ4n) is 2.56. The van der Waals surface area contributed by atoms with Crippen LogP contribution in [0.1, 0.15) is 22.4 Å². The predicted molar refractivity (Wildman–Crippen MR) is 82.0 cm³/mol. The highest BCUT2D eigenvalue weighted by Gasteiger charge is 2.13. The van der Waals surface area contributed by atoms with Crippen molar-refractivity contribution in [3.05, 3.63) is 58.7 Å². The van der Waals surface area contributed by atoms with Gasteiger partial charge >= 0.3 is 0 Å². The largest absolute Gasteiger partial charge is 0.496 e. The molecule has 2 aromatic rings. The zero-order valence-corrected chi connectivity index (χ0v) is 12.7. The highest BCUT2D eigenvalue weighted by Crippen LogP contribution is 2.24. The van der Waals surface area contributed by atoms with Crippen LogP contribution in [-0.4, -0.2) is 18.1 Å². The monoisotopic (exact) mass is 288 g/mol. The van der Waals surface area contributed by atoms with E-state index >= 15 is 0 Å². The Bertz CT molecular complexity index is 628. The maximum absolute atomic E-state index is 13.2. The Kier molecular flexibility index (Phi) is 4.91. The van der Waals surface area contributed by atoms with Gasteiger partial charge < -0.3 is 10.5 Å². The van der Waals surface area contributed by atoms with Gasteiger partial charge in [0.2, 0.25) is 0 Å². The molecule has 4 heteroatoms. The van der Waals surface area contributed by atoms with Crippen molar-refractivity contribution in [1.82, 2.24) is 4.98 Å². The van der Waals surface area contributed by atoms with Crippen molar-refractivity contribution in [3.63, 3.8) is 0 Å². The van der Waals surface area contributed by atoms with E-state index in [0.717, 1.165) is 28.1 Å². The number of pyridine rings is 1. The van der Waals surface area contributed by atoms with E-state index < -0.39 is 0 Å². The third-order valence-electron chi connectivity index (χ3n) is 3.59. The second-order valence-electron chi connectivity index (χ2n) is 5.34. The SMILES string of the molecule is COc1c(C)cnc(CC(N)Cc2cccc(F)c2)c1C. The van der Waals surface area contributed by atoms with Gasteiger partial charge in [0.1, 0.15) is 11.6 Å². The minimum absolute atomic E-state index is 0.106. The number of nitrogens with zero attached hydrogens (tertiary/aromatic N) is 1. The quantitative estimate of drug-likeness (QED) is 0.920.